The number of carbonyl (C=O) groups is 2. The third kappa shape index (κ3) is 9.55. The van der Waals surface area contributed by atoms with Crippen LogP contribution in [0.2, 0.25) is 0 Å². The third-order valence-electron chi connectivity index (χ3n) is 10.4. The van der Waals surface area contributed by atoms with E-state index in [9.17, 15) is 9.59 Å². The Morgan fingerprint density at radius 1 is 0.475 bits per heavy atom. The quantitative estimate of drug-likeness (QED) is 0.0565. The highest BCUT2D eigenvalue weighted by Gasteiger charge is 2.17. The number of ether oxygens (including phenoxy) is 2. The largest absolute Gasteiger partial charge is 0.493 e. The van der Waals surface area contributed by atoms with Crippen LogP contribution < -0.4 is 14.4 Å². The molecule has 9 heteroatoms. The molecule has 0 saturated carbocycles. The van der Waals surface area contributed by atoms with Gasteiger partial charge in [-0.1, -0.05) is 88.8 Å². The summed E-state index contributed by atoms with van der Waals surface area (Å²) < 4.78 is 17.2. The fourth-order valence-corrected chi connectivity index (χ4v) is 11.7. The number of carbonyl (C=O) groups excluding carboxylic acids is 2. The van der Waals surface area contributed by atoms with Gasteiger partial charge in [-0.15, -0.1) is 45.3 Å². The summed E-state index contributed by atoms with van der Waals surface area (Å²) in [6.07, 6.45) is 11.1. The van der Waals surface area contributed by atoms with E-state index < -0.39 is 0 Å². The summed E-state index contributed by atoms with van der Waals surface area (Å²) >= 11 is 6.51. The minimum Gasteiger partial charge on any atom is -0.493 e. The SMILES string of the molecule is CCCCCCOc1ccc(-c2ccc(N(c3ccc(-c4cc5sc(C=O)cc5s4)cc3)c3ccc(-c4cc5sc(C=O)cc5s4)cc3)cc2)c(OCCCCCC)c1. The van der Waals surface area contributed by atoms with Crippen molar-refractivity contribution in [1.29, 1.82) is 0 Å². The molecule has 0 fully saturated rings. The second-order valence-electron chi connectivity index (χ2n) is 14.7. The van der Waals surface area contributed by atoms with Gasteiger partial charge in [0.2, 0.25) is 0 Å². The third-order valence-corrected chi connectivity index (χ3v) is 15.0. The molecular formula is C50H47NO4S4. The molecule has 0 saturated heterocycles. The summed E-state index contributed by atoms with van der Waals surface area (Å²) in [6, 6.07) is 40.8. The van der Waals surface area contributed by atoms with Crippen LogP contribution in [0.1, 0.15) is 84.6 Å². The normalized spacial score (nSPS) is 11.4. The van der Waals surface area contributed by atoms with Crippen molar-refractivity contribution in [2.24, 2.45) is 0 Å². The smallest absolute Gasteiger partial charge is 0.160 e. The van der Waals surface area contributed by atoms with Crippen molar-refractivity contribution in [1.82, 2.24) is 0 Å². The van der Waals surface area contributed by atoms with Crippen LogP contribution in [-0.2, 0) is 0 Å². The number of thiophene rings is 4. The first-order chi connectivity index (χ1) is 29.0. The van der Waals surface area contributed by atoms with Gasteiger partial charge in [-0.3, -0.25) is 9.59 Å². The van der Waals surface area contributed by atoms with Gasteiger partial charge in [0.1, 0.15) is 11.5 Å². The molecule has 0 N–H and O–H groups in total. The Balaban J connectivity index is 1.09. The van der Waals surface area contributed by atoms with Crippen LogP contribution in [0.15, 0.2) is 115 Å². The van der Waals surface area contributed by atoms with E-state index in [-0.39, 0.29) is 0 Å². The van der Waals surface area contributed by atoms with Crippen molar-refractivity contribution in [3.63, 3.8) is 0 Å². The molecule has 0 aliphatic carbocycles. The fourth-order valence-electron chi connectivity index (χ4n) is 7.28. The second-order valence-corrected chi connectivity index (χ2v) is 19.1. The van der Waals surface area contributed by atoms with Gasteiger partial charge in [-0.2, -0.15) is 0 Å². The lowest BCUT2D eigenvalue weighted by Gasteiger charge is -2.26. The number of rotatable bonds is 20. The zero-order valence-electron chi connectivity index (χ0n) is 33.4. The van der Waals surface area contributed by atoms with Crippen molar-refractivity contribution in [2.75, 3.05) is 18.1 Å². The Labute approximate surface area is 362 Å². The first-order valence-corrected chi connectivity index (χ1v) is 23.8. The van der Waals surface area contributed by atoms with E-state index in [1.54, 1.807) is 22.7 Å². The van der Waals surface area contributed by atoms with Gasteiger partial charge in [-0.05, 0) is 102 Å². The average molecular weight is 854 g/mol. The van der Waals surface area contributed by atoms with E-state index in [1.807, 2.05) is 12.1 Å². The van der Waals surface area contributed by atoms with Gasteiger partial charge in [0.25, 0.3) is 0 Å². The summed E-state index contributed by atoms with van der Waals surface area (Å²) in [5.74, 6) is 1.71. The molecule has 0 atom stereocenters. The number of hydrogen-bond acceptors (Lipinski definition) is 9. The Kier molecular flexibility index (Phi) is 13.3. The first kappa shape index (κ1) is 40.7. The van der Waals surface area contributed by atoms with Gasteiger partial charge in [0.15, 0.2) is 12.6 Å². The van der Waals surface area contributed by atoms with Crippen LogP contribution in [0.5, 0.6) is 11.5 Å². The summed E-state index contributed by atoms with van der Waals surface area (Å²) in [6.45, 7) is 5.85. The lowest BCUT2D eigenvalue weighted by molar-refractivity contribution is 0.111. The zero-order valence-corrected chi connectivity index (χ0v) is 36.7. The van der Waals surface area contributed by atoms with E-state index in [2.05, 4.69) is 122 Å². The van der Waals surface area contributed by atoms with Crippen molar-refractivity contribution < 1.29 is 19.1 Å². The number of unbranched alkanes of at least 4 members (excludes halogenated alkanes) is 6. The average Bonchev–Trinajstić information content (AvgIpc) is 4.05. The van der Waals surface area contributed by atoms with Crippen LogP contribution in [-0.4, -0.2) is 25.8 Å². The number of nitrogens with zero attached hydrogens (tertiary/aromatic N) is 1. The summed E-state index contributed by atoms with van der Waals surface area (Å²) in [4.78, 5) is 28.9. The first-order valence-electron chi connectivity index (χ1n) is 20.5. The molecule has 5 nitrogen and oxygen atoms in total. The van der Waals surface area contributed by atoms with E-state index in [0.29, 0.717) is 13.2 Å². The number of fused-ring (bicyclic) bond motifs is 2. The van der Waals surface area contributed by atoms with Gasteiger partial charge >= 0.3 is 0 Å². The van der Waals surface area contributed by atoms with Crippen LogP contribution in [0.25, 0.3) is 50.8 Å². The van der Waals surface area contributed by atoms with E-state index >= 15 is 0 Å². The molecular weight excluding hydrogens is 807 g/mol. The predicted molar refractivity (Wildman–Crippen MR) is 254 cm³/mol. The fraction of sp³-hybridized carbons (Fsp3) is 0.240. The molecule has 0 radical (unpaired) electrons. The molecule has 300 valence electrons. The lowest BCUT2D eigenvalue weighted by Crippen LogP contribution is -2.09. The molecule has 4 heterocycles. The summed E-state index contributed by atoms with van der Waals surface area (Å²) in [5, 5.41) is 0. The van der Waals surface area contributed by atoms with Crippen molar-refractivity contribution in [2.45, 2.75) is 65.2 Å². The number of benzene rings is 4. The highest BCUT2D eigenvalue weighted by Crippen LogP contribution is 2.43. The highest BCUT2D eigenvalue weighted by atomic mass is 32.1. The molecule has 0 amide bonds. The number of aldehydes is 2. The Morgan fingerprint density at radius 3 is 1.39 bits per heavy atom. The van der Waals surface area contributed by atoms with Crippen LogP contribution in [0.4, 0.5) is 17.1 Å². The maximum absolute atomic E-state index is 11.3. The number of hydrogen-bond donors (Lipinski definition) is 0. The Morgan fingerprint density at radius 2 is 0.932 bits per heavy atom. The van der Waals surface area contributed by atoms with E-state index in [4.69, 9.17) is 9.47 Å². The van der Waals surface area contributed by atoms with E-state index in [1.165, 1.54) is 64.5 Å². The highest BCUT2D eigenvalue weighted by molar-refractivity contribution is 7.30. The Bertz CT molecular complexity index is 2440. The second kappa shape index (κ2) is 19.3. The molecule has 0 spiro atoms. The van der Waals surface area contributed by atoms with Crippen LogP contribution in [0.3, 0.4) is 0 Å². The van der Waals surface area contributed by atoms with Crippen LogP contribution >= 0.6 is 45.3 Å². The van der Waals surface area contributed by atoms with E-state index in [0.717, 1.165) is 111 Å². The molecule has 4 aromatic heterocycles. The standard InChI is InChI=1S/C50H47NO4S4/c1-3-5-7-9-25-54-40-23-24-43(44(27-40)55-26-10-8-6-4-2)34-11-17-37(18-12-34)51(38-19-13-35(14-20-38)45-30-49-47(58-45)28-41(32-52)56-49)39-21-15-36(16-22-39)46-31-50-48(59-46)29-42(33-53)57-50/h11-24,27-33H,3-10,25-26H2,1-2H3. The molecule has 0 aliphatic rings. The zero-order chi connectivity index (χ0) is 40.6. The molecule has 8 aromatic rings. The minimum atomic E-state index is 0.678. The molecule has 0 bridgehead atoms. The van der Waals surface area contributed by atoms with Gasteiger partial charge in [-0.25, -0.2) is 0 Å². The monoisotopic (exact) mass is 853 g/mol. The van der Waals surface area contributed by atoms with Gasteiger partial charge in [0, 0.05) is 57.2 Å². The molecule has 8 rings (SSSR count). The molecule has 4 aromatic carbocycles. The summed E-state index contributed by atoms with van der Waals surface area (Å²) in [5.41, 5.74) is 7.56. The summed E-state index contributed by atoms with van der Waals surface area (Å²) in [7, 11) is 0. The Hall–Kier alpha value is -5.06. The van der Waals surface area contributed by atoms with Crippen molar-refractivity contribution >= 4 is 93.8 Å². The van der Waals surface area contributed by atoms with Gasteiger partial charge in [0.05, 0.1) is 23.0 Å². The maximum atomic E-state index is 11.3. The molecule has 0 unspecified atom stereocenters. The topological polar surface area (TPSA) is 55.8 Å². The predicted octanol–water partition coefficient (Wildman–Crippen LogP) is 16.3. The molecule has 59 heavy (non-hydrogen) atoms. The molecule has 0 aliphatic heterocycles. The minimum absolute atomic E-state index is 0.678. The lowest BCUT2D eigenvalue weighted by atomic mass is 10.0. The van der Waals surface area contributed by atoms with Crippen molar-refractivity contribution in [3.8, 4) is 43.5 Å². The van der Waals surface area contributed by atoms with Gasteiger partial charge < -0.3 is 14.4 Å². The van der Waals surface area contributed by atoms with Crippen molar-refractivity contribution in [3.05, 3.63) is 125 Å². The number of anilines is 3. The van der Waals surface area contributed by atoms with Crippen LogP contribution in [0, 0.1) is 0 Å². The maximum Gasteiger partial charge on any atom is 0.160 e.